The molecule has 0 fully saturated rings. The van der Waals surface area contributed by atoms with E-state index in [4.69, 9.17) is 6.42 Å². The fraction of sp³-hybridized carbons (Fsp3) is 0.286. The minimum Gasteiger partial charge on any atom is -1.00 e. The van der Waals surface area contributed by atoms with Crippen molar-refractivity contribution < 1.29 is 21.5 Å². The Hall–Kier alpha value is -0.330. The monoisotopic (exact) mass is 217 g/mol. The smallest absolute Gasteiger partial charge is 0.225 e. The van der Waals surface area contributed by atoms with Gasteiger partial charge in [0.05, 0.1) is 5.38 Å². The predicted octanol–water partition coefficient (Wildman–Crippen LogP) is -2.02. The highest BCUT2D eigenvalue weighted by Crippen LogP contribution is 1.95. The van der Waals surface area contributed by atoms with E-state index in [0.29, 0.717) is 6.54 Å². The number of terminal acetylenes is 1. The summed E-state index contributed by atoms with van der Waals surface area (Å²) in [4.78, 5) is 0. The highest BCUT2D eigenvalue weighted by Gasteiger charge is 2.01. The Morgan fingerprint density at radius 2 is 2.50 bits per heavy atom. The first-order valence-corrected chi connectivity index (χ1v) is 3.64. The summed E-state index contributed by atoms with van der Waals surface area (Å²) in [6, 6.07) is 0. The Bertz CT molecular complexity index is 236. The summed E-state index contributed by atoms with van der Waals surface area (Å²) in [5.41, 5.74) is 3.26. The van der Waals surface area contributed by atoms with Gasteiger partial charge in [-0.3, -0.25) is 0 Å². The van der Waals surface area contributed by atoms with Gasteiger partial charge in [-0.25, -0.2) is 0 Å². The third-order valence-corrected chi connectivity index (χ3v) is 1.99. The average Bonchev–Trinajstić information content (AvgIpc) is 2.18. The fourth-order valence-electron chi connectivity index (χ4n) is 0.614. The molecule has 1 aromatic rings. The third-order valence-electron chi connectivity index (χ3n) is 1.14. The van der Waals surface area contributed by atoms with Gasteiger partial charge >= 0.3 is 0 Å². The molecular formula is C7H8BrNS. The van der Waals surface area contributed by atoms with Crippen LogP contribution in [0.4, 0.5) is 0 Å². The molecule has 0 saturated heterocycles. The molecule has 1 heterocycles. The zero-order valence-corrected chi connectivity index (χ0v) is 8.08. The largest absolute Gasteiger partial charge is 1.00 e. The maximum absolute atomic E-state index is 5.12. The summed E-state index contributed by atoms with van der Waals surface area (Å²) in [7, 11) is 0. The number of nitrogens with zero attached hydrogens (tertiary/aromatic N) is 1. The topological polar surface area (TPSA) is 3.88 Å². The number of thiazole rings is 1. The molecule has 0 aliphatic heterocycles. The predicted molar refractivity (Wildman–Crippen MR) is 38.1 cm³/mol. The number of aryl methyl sites for hydroxylation is 1. The molecule has 0 unspecified atom stereocenters. The van der Waals surface area contributed by atoms with Gasteiger partial charge in [-0.05, 0) is 5.92 Å². The lowest BCUT2D eigenvalue weighted by molar-refractivity contribution is -0.685. The zero-order valence-electron chi connectivity index (χ0n) is 5.67. The van der Waals surface area contributed by atoms with Crippen LogP contribution in [0.5, 0.6) is 0 Å². The Kier molecular flexibility index (Phi) is 4.33. The molecule has 0 spiro atoms. The summed E-state index contributed by atoms with van der Waals surface area (Å²) in [5, 5.41) is 2.08. The Morgan fingerprint density at radius 1 is 1.80 bits per heavy atom. The van der Waals surface area contributed by atoms with Crippen LogP contribution in [0.3, 0.4) is 0 Å². The summed E-state index contributed by atoms with van der Waals surface area (Å²) in [6.07, 6.45) is 5.12. The van der Waals surface area contributed by atoms with Crippen LogP contribution in [0, 0.1) is 19.3 Å². The van der Waals surface area contributed by atoms with Gasteiger partial charge in [-0.15, -0.1) is 6.42 Å². The maximum Gasteiger partial charge on any atom is 0.225 e. The van der Waals surface area contributed by atoms with Gasteiger partial charge < -0.3 is 17.0 Å². The second-order valence-electron chi connectivity index (χ2n) is 1.83. The first kappa shape index (κ1) is 9.67. The Morgan fingerprint density at radius 3 is 2.90 bits per heavy atom. The van der Waals surface area contributed by atoms with Gasteiger partial charge in [0.2, 0.25) is 12.1 Å². The van der Waals surface area contributed by atoms with E-state index in [1.807, 2.05) is 17.0 Å². The zero-order chi connectivity index (χ0) is 6.69. The van der Waals surface area contributed by atoms with Crippen LogP contribution >= 0.6 is 11.3 Å². The lowest BCUT2D eigenvalue weighted by atomic mass is 10.5. The molecule has 0 aliphatic rings. The molecule has 1 rings (SSSR count). The molecule has 0 saturated carbocycles. The number of hydrogen-bond donors (Lipinski definition) is 0. The van der Waals surface area contributed by atoms with Gasteiger partial charge in [-0.2, -0.15) is 4.57 Å². The van der Waals surface area contributed by atoms with E-state index >= 15 is 0 Å². The number of halogens is 1. The van der Waals surface area contributed by atoms with Crippen LogP contribution in [0.1, 0.15) is 5.69 Å². The van der Waals surface area contributed by atoms with Crippen LogP contribution in [0.2, 0.25) is 0 Å². The van der Waals surface area contributed by atoms with Crippen LogP contribution in [-0.2, 0) is 6.54 Å². The van der Waals surface area contributed by atoms with Gasteiger partial charge in [0.1, 0.15) is 0 Å². The first-order chi connectivity index (χ1) is 4.34. The van der Waals surface area contributed by atoms with Crippen molar-refractivity contribution in [2.45, 2.75) is 13.5 Å². The minimum absolute atomic E-state index is 0. The molecule has 0 N–H and O–H groups in total. The lowest BCUT2D eigenvalue weighted by Crippen LogP contribution is -3.00. The molecule has 10 heavy (non-hydrogen) atoms. The van der Waals surface area contributed by atoms with Gasteiger partial charge in [-0.1, -0.05) is 11.3 Å². The molecule has 1 nitrogen and oxygen atoms in total. The second-order valence-corrected chi connectivity index (χ2v) is 2.55. The first-order valence-electron chi connectivity index (χ1n) is 2.70. The van der Waals surface area contributed by atoms with Crippen LogP contribution in [0.25, 0.3) is 0 Å². The molecule has 0 aliphatic carbocycles. The Labute approximate surface area is 75.5 Å². The molecule has 1 aromatic heterocycles. The highest BCUT2D eigenvalue weighted by molar-refractivity contribution is 7.07. The van der Waals surface area contributed by atoms with E-state index in [-0.39, 0.29) is 17.0 Å². The normalized spacial score (nSPS) is 8.00. The molecule has 3 heteroatoms. The van der Waals surface area contributed by atoms with Crippen molar-refractivity contribution in [3.05, 3.63) is 16.6 Å². The minimum atomic E-state index is 0. The SMILES string of the molecule is C#CC[n+]1cscc1C.[Br-]. The molecule has 0 bridgehead atoms. The number of aromatic nitrogens is 1. The molecular weight excluding hydrogens is 210 g/mol. The quantitative estimate of drug-likeness (QED) is 0.378. The van der Waals surface area contributed by atoms with E-state index in [0.717, 1.165) is 0 Å². The lowest BCUT2D eigenvalue weighted by Gasteiger charge is -1.82. The molecule has 0 atom stereocenters. The molecule has 0 amide bonds. The van der Waals surface area contributed by atoms with Crippen LogP contribution < -0.4 is 21.5 Å². The van der Waals surface area contributed by atoms with E-state index in [2.05, 4.69) is 11.3 Å². The van der Waals surface area contributed by atoms with E-state index in [1.54, 1.807) is 11.3 Å². The number of rotatable bonds is 1. The summed E-state index contributed by atoms with van der Waals surface area (Å²) in [6.45, 7) is 2.74. The van der Waals surface area contributed by atoms with E-state index in [9.17, 15) is 0 Å². The van der Waals surface area contributed by atoms with Gasteiger partial charge in [0.15, 0.2) is 5.69 Å². The molecule has 0 aromatic carbocycles. The van der Waals surface area contributed by atoms with Crippen molar-refractivity contribution >= 4 is 11.3 Å². The van der Waals surface area contributed by atoms with Crippen molar-refractivity contribution in [1.82, 2.24) is 0 Å². The maximum atomic E-state index is 5.12. The van der Waals surface area contributed by atoms with Crippen LogP contribution in [0.15, 0.2) is 10.9 Å². The molecule has 0 radical (unpaired) electrons. The highest BCUT2D eigenvalue weighted by atomic mass is 79.9. The second kappa shape index (κ2) is 4.48. The summed E-state index contributed by atoms with van der Waals surface area (Å²) >= 11 is 1.67. The summed E-state index contributed by atoms with van der Waals surface area (Å²) < 4.78 is 2.05. The number of hydrogen-bond acceptors (Lipinski definition) is 1. The van der Waals surface area contributed by atoms with Gasteiger partial charge in [0, 0.05) is 6.92 Å². The standard InChI is InChI=1S/C7H8NS.BrH/c1-3-4-8-6-9-5-7(8)2;/h1,5-6H,4H2,2H3;1H/q+1;/p-1. The van der Waals surface area contributed by atoms with Crippen molar-refractivity contribution in [2.24, 2.45) is 0 Å². The average molecular weight is 218 g/mol. The third kappa shape index (κ3) is 2.13. The van der Waals surface area contributed by atoms with Crippen LogP contribution in [-0.4, -0.2) is 0 Å². The van der Waals surface area contributed by atoms with Gasteiger partial charge in [0.25, 0.3) is 0 Å². The van der Waals surface area contributed by atoms with Crippen molar-refractivity contribution in [2.75, 3.05) is 0 Å². The van der Waals surface area contributed by atoms with Crippen molar-refractivity contribution in [3.63, 3.8) is 0 Å². The van der Waals surface area contributed by atoms with E-state index < -0.39 is 0 Å². The fourth-order valence-corrected chi connectivity index (χ4v) is 1.39. The van der Waals surface area contributed by atoms with Crippen molar-refractivity contribution in [3.8, 4) is 12.3 Å². The Balaban J connectivity index is 0.000000810. The molecule has 54 valence electrons. The summed E-state index contributed by atoms with van der Waals surface area (Å²) in [5.74, 6) is 2.58. The van der Waals surface area contributed by atoms with Crippen molar-refractivity contribution in [1.29, 1.82) is 0 Å². The van der Waals surface area contributed by atoms with E-state index in [1.165, 1.54) is 5.69 Å².